The Hall–Kier alpha value is -2.99. The van der Waals surface area contributed by atoms with Crippen LogP contribution in [0.4, 0.5) is 10.6 Å². The van der Waals surface area contributed by atoms with Gasteiger partial charge in [0.05, 0.1) is 11.2 Å². The summed E-state index contributed by atoms with van der Waals surface area (Å²) in [6, 6.07) is 10.0. The Labute approximate surface area is 247 Å². The van der Waals surface area contributed by atoms with Crippen LogP contribution in [0.5, 0.6) is 0 Å². The van der Waals surface area contributed by atoms with E-state index in [9.17, 15) is 14.4 Å². The first kappa shape index (κ1) is 31.0. The topological polar surface area (TPSA) is 143 Å². The van der Waals surface area contributed by atoms with E-state index >= 15 is 0 Å². The van der Waals surface area contributed by atoms with Gasteiger partial charge in [-0.3, -0.25) is 19.6 Å². The van der Waals surface area contributed by atoms with Crippen LogP contribution >= 0.6 is 12.4 Å². The Balaban J connectivity index is 0.00000387. The van der Waals surface area contributed by atoms with Crippen molar-refractivity contribution in [2.45, 2.75) is 57.7 Å². The summed E-state index contributed by atoms with van der Waals surface area (Å²) in [5.74, 6) is 1.44. The van der Waals surface area contributed by atoms with Gasteiger partial charge in [0.15, 0.2) is 0 Å². The van der Waals surface area contributed by atoms with E-state index < -0.39 is 11.2 Å². The maximum Gasteiger partial charge on any atom is 0.354 e. The lowest BCUT2D eigenvalue weighted by molar-refractivity contribution is -0.137. The van der Waals surface area contributed by atoms with Crippen molar-refractivity contribution in [3.8, 4) is 5.69 Å². The number of amides is 3. The molecule has 5 N–H and O–H groups in total. The minimum Gasteiger partial charge on any atom is -0.338 e. The Kier molecular flexibility index (Phi) is 9.42. The highest BCUT2D eigenvalue weighted by Crippen LogP contribution is 2.38. The maximum absolute atomic E-state index is 12.8. The molecule has 2 saturated heterocycles. The number of anilines is 1. The molecule has 4 atom stereocenters. The zero-order valence-electron chi connectivity index (χ0n) is 24.2. The van der Waals surface area contributed by atoms with Crippen molar-refractivity contribution in [3.05, 3.63) is 52.6 Å². The van der Waals surface area contributed by atoms with Crippen molar-refractivity contribution in [2.24, 2.45) is 23.3 Å². The van der Waals surface area contributed by atoms with Crippen LogP contribution in [0.3, 0.4) is 0 Å². The quantitative estimate of drug-likeness (QED) is 0.467. The molecule has 4 unspecified atom stereocenters. The van der Waals surface area contributed by atoms with E-state index in [1.807, 2.05) is 12.1 Å². The van der Waals surface area contributed by atoms with E-state index in [0.29, 0.717) is 44.2 Å². The zero-order valence-corrected chi connectivity index (χ0v) is 25.0. The second-order valence-electron chi connectivity index (χ2n) is 12.2. The molecule has 11 nitrogen and oxygen atoms in total. The van der Waals surface area contributed by atoms with Gasteiger partial charge < -0.3 is 21.3 Å². The predicted octanol–water partition coefficient (Wildman–Crippen LogP) is 1.67. The first-order valence-corrected chi connectivity index (χ1v) is 14.3. The van der Waals surface area contributed by atoms with Crippen molar-refractivity contribution in [3.63, 3.8) is 0 Å². The molecule has 1 aromatic carbocycles. The Morgan fingerprint density at radius 3 is 2.32 bits per heavy atom. The minimum atomic E-state index is -0.945. The highest BCUT2D eigenvalue weighted by Gasteiger charge is 2.42. The molecule has 224 valence electrons. The summed E-state index contributed by atoms with van der Waals surface area (Å²) >= 11 is 0. The molecule has 1 saturated carbocycles. The number of carbonyl (C=O) groups excluding carboxylic acids is 2. The number of carbonyl (C=O) groups is 2. The molecule has 3 amide bonds. The van der Waals surface area contributed by atoms with Gasteiger partial charge in [-0.05, 0) is 75.6 Å². The number of rotatable bonds is 6. The second-order valence-corrected chi connectivity index (χ2v) is 12.2. The van der Waals surface area contributed by atoms with E-state index in [2.05, 4.69) is 34.3 Å². The van der Waals surface area contributed by atoms with Crippen LogP contribution in [0.2, 0.25) is 0 Å². The maximum atomic E-state index is 12.8. The number of nitrogens with one attached hydrogen (secondary N) is 1. The average molecular weight is 587 g/mol. The van der Waals surface area contributed by atoms with Crippen molar-refractivity contribution in [1.29, 1.82) is 0 Å². The molecule has 3 aliphatic rings. The van der Waals surface area contributed by atoms with Gasteiger partial charge in [-0.2, -0.15) is 4.98 Å². The molecule has 1 aromatic heterocycles. The minimum absolute atomic E-state index is 0. The zero-order chi connectivity index (χ0) is 28.6. The number of likely N-dealkylation sites (tertiary alicyclic amines) is 1. The second kappa shape index (κ2) is 12.5. The summed E-state index contributed by atoms with van der Waals surface area (Å²) in [7, 11) is 0. The normalized spacial score (nSPS) is 23.6. The number of benzene rings is 1. The molecule has 3 heterocycles. The lowest BCUT2D eigenvalue weighted by Gasteiger charge is -2.37. The largest absolute Gasteiger partial charge is 0.354 e. The number of hydrogen-bond acceptors (Lipinski definition) is 7. The van der Waals surface area contributed by atoms with Crippen molar-refractivity contribution < 1.29 is 9.59 Å². The Morgan fingerprint density at radius 1 is 1.05 bits per heavy atom. The summed E-state index contributed by atoms with van der Waals surface area (Å²) in [6.45, 7) is 9.43. The van der Waals surface area contributed by atoms with E-state index in [4.69, 9.17) is 11.5 Å². The van der Waals surface area contributed by atoms with Crippen molar-refractivity contribution >= 4 is 30.2 Å². The number of urea groups is 1. The summed E-state index contributed by atoms with van der Waals surface area (Å²) in [5, 5.41) is 2.70. The first-order chi connectivity index (χ1) is 19.0. The van der Waals surface area contributed by atoms with Crippen LogP contribution in [0.15, 0.2) is 41.3 Å². The van der Waals surface area contributed by atoms with E-state index in [1.165, 1.54) is 16.6 Å². The van der Waals surface area contributed by atoms with Gasteiger partial charge >= 0.3 is 11.7 Å². The third kappa shape index (κ3) is 6.91. The Bertz CT molecular complexity index is 1290. The standard InChI is InChI=1S/C29H42N8O3.ClH/c1-19(36-17-21-6-9-24(30)23(21)18-36)16-20-4-7-22(8-5-20)37-11-10-25(33-28(37)40)32-27(39)35-14-12-34(13-15-35)26(38)29(2,3)31;/h4-5,7-8,10-11,19,21,23-24H,6,9,12-18,30-31H2,1-3H3,(H,32,33,39,40);1H. The van der Waals surface area contributed by atoms with Gasteiger partial charge in [-0.15, -0.1) is 12.4 Å². The van der Waals surface area contributed by atoms with Crippen LogP contribution in [-0.4, -0.2) is 93.1 Å². The molecule has 12 heteroatoms. The van der Waals surface area contributed by atoms with Gasteiger partial charge in [-0.25, -0.2) is 9.59 Å². The number of halogens is 1. The fourth-order valence-electron chi connectivity index (χ4n) is 6.34. The van der Waals surface area contributed by atoms with Crippen LogP contribution in [-0.2, 0) is 11.2 Å². The number of nitrogens with zero attached hydrogens (tertiary/aromatic N) is 5. The summed E-state index contributed by atoms with van der Waals surface area (Å²) in [6.07, 6.45) is 4.98. The van der Waals surface area contributed by atoms with Gasteiger partial charge in [0, 0.05) is 57.5 Å². The SMILES string of the molecule is CC(Cc1ccc(-n2ccc(NC(=O)N3CCN(C(=O)C(C)(C)N)CC3)nc2=O)cc1)N1CC2CCC(N)C2C1.Cl. The van der Waals surface area contributed by atoms with Crippen LogP contribution < -0.4 is 22.5 Å². The smallest absolute Gasteiger partial charge is 0.338 e. The monoisotopic (exact) mass is 586 g/mol. The van der Waals surface area contributed by atoms with E-state index in [-0.39, 0.29) is 30.2 Å². The molecule has 0 spiro atoms. The molecule has 2 aliphatic heterocycles. The third-order valence-corrected chi connectivity index (χ3v) is 8.75. The molecule has 3 fully saturated rings. The van der Waals surface area contributed by atoms with Crippen LogP contribution in [0.1, 0.15) is 39.2 Å². The average Bonchev–Trinajstić information content (AvgIpc) is 3.50. The van der Waals surface area contributed by atoms with Gasteiger partial charge in [0.2, 0.25) is 5.91 Å². The third-order valence-electron chi connectivity index (χ3n) is 8.75. The fourth-order valence-corrected chi connectivity index (χ4v) is 6.34. The van der Waals surface area contributed by atoms with Crippen LogP contribution in [0, 0.1) is 11.8 Å². The molecule has 5 rings (SSSR count). The lowest BCUT2D eigenvalue weighted by atomic mass is 9.98. The highest BCUT2D eigenvalue weighted by atomic mass is 35.5. The molecule has 2 aromatic rings. The van der Waals surface area contributed by atoms with Gasteiger partial charge in [0.25, 0.3) is 0 Å². The molecule has 41 heavy (non-hydrogen) atoms. The van der Waals surface area contributed by atoms with Crippen molar-refractivity contribution in [2.75, 3.05) is 44.6 Å². The Morgan fingerprint density at radius 2 is 1.71 bits per heavy atom. The summed E-state index contributed by atoms with van der Waals surface area (Å²) in [5.41, 5.74) is 12.8. The number of fused-ring (bicyclic) bond motifs is 1. The van der Waals surface area contributed by atoms with E-state index in [1.54, 1.807) is 35.9 Å². The number of aromatic nitrogens is 2. The number of nitrogens with two attached hydrogens (primary N) is 2. The summed E-state index contributed by atoms with van der Waals surface area (Å²) in [4.78, 5) is 47.8. The fraction of sp³-hybridized carbons (Fsp3) is 0.586. The highest BCUT2D eigenvalue weighted by molar-refractivity contribution is 5.89. The first-order valence-electron chi connectivity index (χ1n) is 14.3. The van der Waals surface area contributed by atoms with Crippen molar-refractivity contribution in [1.82, 2.24) is 24.3 Å². The molecule has 1 aliphatic carbocycles. The number of hydrogen-bond donors (Lipinski definition) is 3. The molecular formula is C29H43ClN8O3. The predicted molar refractivity (Wildman–Crippen MR) is 161 cm³/mol. The van der Waals surface area contributed by atoms with Gasteiger partial charge in [0.1, 0.15) is 5.82 Å². The molecular weight excluding hydrogens is 544 g/mol. The molecule has 0 radical (unpaired) electrons. The van der Waals surface area contributed by atoms with E-state index in [0.717, 1.165) is 37.5 Å². The number of piperazine rings is 1. The summed E-state index contributed by atoms with van der Waals surface area (Å²) < 4.78 is 1.46. The van der Waals surface area contributed by atoms with Crippen LogP contribution in [0.25, 0.3) is 5.69 Å². The molecule has 0 bridgehead atoms. The lowest BCUT2D eigenvalue weighted by Crippen LogP contribution is -2.58. The van der Waals surface area contributed by atoms with Gasteiger partial charge in [-0.1, -0.05) is 12.1 Å².